The molecule has 0 bridgehead atoms. The molecule has 57 heavy (non-hydrogen) atoms. The van der Waals surface area contributed by atoms with Crippen LogP contribution in [-0.4, -0.2) is 9.13 Å². The summed E-state index contributed by atoms with van der Waals surface area (Å²) in [6.45, 7) is 0. The van der Waals surface area contributed by atoms with Crippen LogP contribution in [0.5, 0.6) is 0 Å². The van der Waals surface area contributed by atoms with Crippen LogP contribution in [0.15, 0.2) is 211 Å². The Kier molecular flexibility index (Phi) is 6.93. The van der Waals surface area contributed by atoms with Crippen LogP contribution in [0.25, 0.3) is 110 Å². The lowest BCUT2D eigenvalue weighted by Crippen LogP contribution is -1.94. The standard InChI is InChI=1S/C54H34N2O/c1-2-10-35(11-3-1)40-26-32-50-47(34-40)44-13-5-7-15-48(44)55(50)41-27-22-38(23-28-41)36-18-20-37(21-19-36)39-24-29-42(30-25-39)56-49-16-8-4-12-43(49)45-31-33-52-53(54(45)56)46-14-6-9-17-51(46)57-52/h1-34H. The van der Waals surface area contributed by atoms with Gasteiger partial charge in [0.2, 0.25) is 0 Å². The Morgan fingerprint density at radius 1 is 0.281 bits per heavy atom. The van der Waals surface area contributed by atoms with E-state index in [0.29, 0.717) is 0 Å². The highest BCUT2D eigenvalue weighted by Gasteiger charge is 2.19. The number of aromatic nitrogens is 2. The number of benzene rings is 9. The summed E-state index contributed by atoms with van der Waals surface area (Å²) in [5, 5.41) is 7.28. The van der Waals surface area contributed by atoms with E-state index in [0.717, 1.165) is 33.3 Å². The maximum Gasteiger partial charge on any atom is 0.137 e. The highest BCUT2D eigenvalue weighted by Crippen LogP contribution is 2.41. The van der Waals surface area contributed by atoms with E-state index >= 15 is 0 Å². The lowest BCUT2D eigenvalue weighted by molar-refractivity contribution is 0.669. The van der Waals surface area contributed by atoms with Gasteiger partial charge < -0.3 is 13.6 Å². The molecule has 0 aliphatic heterocycles. The van der Waals surface area contributed by atoms with Crippen molar-refractivity contribution in [3.63, 3.8) is 0 Å². The molecule has 3 nitrogen and oxygen atoms in total. The normalized spacial score (nSPS) is 11.9. The number of hydrogen-bond donors (Lipinski definition) is 0. The van der Waals surface area contributed by atoms with Crippen molar-refractivity contribution in [1.82, 2.24) is 9.13 Å². The third kappa shape index (κ3) is 4.92. The Labute approximate surface area is 328 Å². The van der Waals surface area contributed by atoms with Crippen LogP contribution >= 0.6 is 0 Å². The lowest BCUT2D eigenvalue weighted by Gasteiger charge is -2.11. The topological polar surface area (TPSA) is 23.0 Å². The van der Waals surface area contributed by atoms with E-state index in [1.807, 2.05) is 6.07 Å². The molecule has 0 fully saturated rings. The van der Waals surface area contributed by atoms with Crippen molar-refractivity contribution in [1.29, 1.82) is 0 Å². The number of furan rings is 1. The molecule has 0 N–H and O–H groups in total. The molecule has 3 heteroatoms. The number of para-hydroxylation sites is 3. The Morgan fingerprint density at radius 2 is 0.754 bits per heavy atom. The van der Waals surface area contributed by atoms with Crippen LogP contribution in [-0.2, 0) is 0 Å². The van der Waals surface area contributed by atoms with Crippen molar-refractivity contribution in [3.8, 4) is 44.8 Å². The Balaban J connectivity index is 0.872. The average Bonchev–Trinajstić information content (AvgIpc) is 3.94. The molecule has 12 aromatic rings. The molecule has 0 amide bonds. The maximum absolute atomic E-state index is 6.32. The van der Waals surface area contributed by atoms with Crippen LogP contribution in [0.4, 0.5) is 0 Å². The van der Waals surface area contributed by atoms with E-state index < -0.39 is 0 Å². The molecule has 0 unspecified atom stereocenters. The molecular formula is C54H34N2O. The molecular weight excluding hydrogens is 693 g/mol. The predicted molar refractivity (Wildman–Crippen MR) is 239 cm³/mol. The van der Waals surface area contributed by atoms with Crippen molar-refractivity contribution in [2.24, 2.45) is 0 Å². The number of rotatable bonds is 5. The van der Waals surface area contributed by atoms with Gasteiger partial charge in [-0.2, -0.15) is 0 Å². The molecule has 0 aliphatic rings. The molecule has 0 radical (unpaired) electrons. The minimum Gasteiger partial charge on any atom is -0.456 e. The van der Waals surface area contributed by atoms with E-state index in [2.05, 4.69) is 209 Å². The SMILES string of the molecule is c1ccc(-c2ccc3c(c2)c2ccccc2n3-c2ccc(-c3ccc(-c4ccc(-n5c6ccccc6c6ccc7oc8ccccc8c7c65)cc4)cc3)cc2)cc1. The summed E-state index contributed by atoms with van der Waals surface area (Å²) < 4.78 is 11.1. The molecule has 12 rings (SSSR count). The summed E-state index contributed by atoms with van der Waals surface area (Å²) in [5.41, 5.74) is 16.1. The van der Waals surface area contributed by atoms with Crippen LogP contribution < -0.4 is 0 Å². The van der Waals surface area contributed by atoms with Gasteiger partial charge in [-0.1, -0.05) is 140 Å². The zero-order chi connectivity index (χ0) is 37.5. The summed E-state index contributed by atoms with van der Waals surface area (Å²) in [4.78, 5) is 0. The number of hydrogen-bond acceptors (Lipinski definition) is 1. The Morgan fingerprint density at radius 3 is 1.42 bits per heavy atom. The fraction of sp³-hybridized carbons (Fsp3) is 0. The second-order valence-electron chi connectivity index (χ2n) is 14.9. The quantitative estimate of drug-likeness (QED) is 0.173. The van der Waals surface area contributed by atoms with Crippen molar-refractivity contribution in [3.05, 3.63) is 206 Å². The van der Waals surface area contributed by atoms with Gasteiger partial charge in [0, 0.05) is 38.3 Å². The van der Waals surface area contributed by atoms with Gasteiger partial charge in [0.25, 0.3) is 0 Å². The summed E-state index contributed by atoms with van der Waals surface area (Å²) in [5.74, 6) is 0. The smallest absolute Gasteiger partial charge is 0.137 e. The highest BCUT2D eigenvalue weighted by atomic mass is 16.3. The molecule has 9 aromatic carbocycles. The second-order valence-corrected chi connectivity index (χ2v) is 14.9. The summed E-state index contributed by atoms with van der Waals surface area (Å²) in [6.07, 6.45) is 0. The van der Waals surface area contributed by atoms with Gasteiger partial charge in [-0.25, -0.2) is 0 Å². The van der Waals surface area contributed by atoms with Crippen LogP contribution in [0, 0.1) is 0 Å². The molecule has 3 aromatic heterocycles. The predicted octanol–water partition coefficient (Wildman–Crippen LogP) is 14.8. The summed E-state index contributed by atoms with van der Waals surface area (Å²) in [7, 11) is 0. The van der Waals surface area contributed by atoms with Gasteiger partial charge in [0.1, 0.15) is 11.2 Å². The molecule has 3 heterocycles. The molecule has 0 saturated heterocycles. The van der Waals surface area contributed by atoms with Crippen molar-refractivity contribution in [2.75, 3.05) is 0 Å². The molecule has 0 atom stereocenters. The zero-order valence-corrected chi connectivity index (χ0v) is 30.9. The third-order valence-electron chi connectivity index (χ3n) is 11.8. The van der Waals surface area contributed by atoms with E-state index in [9.17, 15) is 0 Å². The maximum atomic E-state index is 6.32. The number of nitrogens with zero attached hydrogens (tertiary/aromatic N) is 2. The second kappa shape index (κ2) is 12.5. The molecule has 0 aliphatic carbocycles. The van der Waals surface area contributed by atoms with Crippen molar-refractivity contribution in [2.45, 2.75) is 0 Å². The average molecular weight is 727 g/mol. The van der Waals surface area contributed by atoms with E-state index in [1.54, 1.807) is 0 Å². The molecule has 0 saturated carbocycles. The van der Waals surface area contributed by atoms with Gasteiger partial charge in [0.05, 0.1) is 27.5 Å². The largest absolute Gasteiger partial charge is 0.456 e. The Bertz CT molecular complexity index is 3470. The third-order valence-corrected chi connectivity index (χ3v) is 11.8. The highest BCUT2D eigenvalue weighted by molar-refractivity contribution is 6.24. The van der Waals surface area contributed by atoms with E-state index in [-0.39, 0.29) is 0 Å². The fourth-order valence-corrected chi connectivity index (χ4v) is 9.06. The first-order valence-electron chi connectivity index (χ1n) is 19.5. The monoisotopic (exact) mass is 726 g/mol. The van der Waals surface area contributed by atoms with Crippen molar-refractivity contribution >= 4 is 65.6 Å². The first-order chi connectivity index (χ1) is 28.3. The van der Waals surface area contributed by atoms with E-state index in [4.69, 9.17) is 4.42 Å². The van der Waals surface area contributed by atoms with Crippen LogP contribution in [0.1, 0.15) is 0 Å². The molecule has 0 spiro atoms. The minimum absolute atomic E-state index is 0.906. The zero-order valence-electron chi connectivity index (χ0n) is 30.9. The van der Waals surface area contributed by atoms with Crippen LogP contribution in [0.2, 0.25) is 0 Å². The summed E-state index contributed by atoms with van der Waals surface area (Å²) in [6, 6.07) is 74.4. The first-order valence-corrected chi connectivity index (χ1v) is 19.5. The van der Waals surface area contributed by atoms with Gasteiger partial charge in [-0.05, 0) is 100 Å². The lowest BCUT2D eigenvalue weighted by atomic mass is 10.00. The minimum atomic E-state index is 0.906. The van der Waals surface area contributed by atoms with Gasteiger partial charge in [-0.3, -0.25) is 0 Å². The van der Waals surface area contributed by atoms with E-state index in [1.165, 1.54) is 77.0 Å². The Hall–Kier alpha value is -7.62. The fourth-order valence-electron chi connectivity index (χ4n) is 9.06. The van der Waals surface area contributed by atoms with Crippen molar-refractivity contribution < 1.29 is 4.42 Å². The van der Waals surface area contributed by atoms with Crippen LogP contribution in [0.3, 0.4) is 0 Å². The number of fused-ring (bicyclic) bond motifs is 10. The summed E-state index contributed by atoms with van der Waals surface area (Å²) >= 11 is 0. The first kappa shape index (κ1) is 31.7. The molecule has 266 valence electrons. The van der Waals surface area contributed by atoms with Gasteiger partial charge in [0.15, 0.2) is 0 Å². The van der Waals surface area contributed by atoms with Gasteiger partial charge >= 0.3 is 0 Å². The van der Waals surface area contributed by atoms with Gasteiger partial charge in [-0.15, -0.1) is 0 Å².